The average Bonchev–Trinajstić information content (AvgIpc) is 3.16. The Labute approximate surface area is 161 Å². The summed E-state index contributed by atoms with van der Waals surface area (Å²) in [5, 5.41) is 10.3. The van der Waals surface area contributed by atoms with Gasteiger partial charge in [-0.15, -0.1) is 5.10 Å². The minimum atomic E-state index is -0.367. The fourth-order valence-electron chi connectivity index (χ4n) is 2.75. The van der Waals surface area contributed by atoms with E-state index >= 15 is 0 Å². The summed E-state index contributed by atoms with van der Waals surface area (Å²) in [5.74, 6) is 0.0960. The second-order valence-corrected chi connectivity index (χ2v) is 7.00. The molecular formula is C20H21FN4OS. The van der Waals surface area contributed by atoms with Crippen molar-refractivity contribution in [2.75, 3.05) is 5.75 Å². The Morgan fingerprint density at radius 1 is 1.19 bits per heavy atom. The lowest BCUT2D eigenvalue weighted by Gasteiger charge is -2.18. The van der Waals surface area contributed by atoms with Gasteiger partial charge < -0.3 is 5.32 Å². The number of nitrogens with one attached hydrogen (secondary N) is 2. The number of aromatic nitrogens is 3. The molecular weight excluding hydrogens is 363 g/mol. The molecule has 1 amide bonds. The number of rotatable bonds is 8. The van der Waals surface area contributed by atoms with Crippen LogP contribution in [0.3, 0.4) is 0 Å². The highest BCUT2D eigenvalue weighted by atomic mass is 32.2. The summed E-state index contributed by atoms with van der Waals surface area (Å²) in [6, 6.07) is 16.3. The zero-order chi connectivity index (χ0) is 19.1. The third kappa shape index (κ3) is 5.17. The molecule has 1 aromatic heterocycles. The van der Waals surface area contributed by atoms with E-state index < -0.39 is 0 Å². The number of hydrogen-bond donors (Lipinski definition) is 2. The number of benzene rings is 2. The second kappa shape index (κ2) is 9.32. The Kier molecular flexibility index (Phi) is 6.59. The van der Waals surface area contributed by atoms with E-state index in [1.54, 1.807) is 18.2 Å². The van der Waals surface area contributed by atoms with Gasteiger partial charge in [0.2, 0.25) is 11.1 Å². The summed E-state index contributed by atoms with van der Waals surface area (Å²) < 4.78 is 13.8. The van der Waals surface area contributed by atoms with Gasteiger partial charge in [-0.1, -0.05) is 67.6 Å². The number of carbonyl (C=O) groups is 1. The van der Waals surface area contributed by atoms with E-state index in [-0.39, 0.29) is 23.5 Å². The van der Waals surface area contributed by atoms with Gasteiger partial charge in [0.05, 0.1) is 17.4 Å². The number of amides is 1. The lowest BCUT2D eigenvalue weighted by molar-refractivity contribution is -0.119. The van der Waals surface area contributed by atoms with Crippen molar-refractivity contribution >= 4 is 17.7 Å². The van der Waals surface area contributed by atoms with Crippen molar-refractivity contribution in [1.82, 2.24) is 20.5 Å². The van der Waals surface area contributed by atoms with Crippen molar-refractivity contribution in [1.29, 1.82) is 0 Å². The maximum Gasteiger partial charge on any atom is 0.230 e. The summed E-state index contributed by atoms with van der Waals surface area (Å²) in [4.78, 5) is 16.6. The van der Waals surface area contributed by atoms with E-state index in [1.807, 2.05) is 30.3 Å². The number of hydrogen-bond acceptors (Lipinski definition) is 4. The molecule has 1 atom stereocenters. The molecule has 0 radical (unpaired) electrons. The molecule has 0 aliphatic carbocycles. The van der Waals surface area contributed by atoms with Crippen LogP contribution in [0.2, 0.25) is 0 Å². The summed E-state index contributed by atoms with van der Waals surface area (Å²) in [7, 11) is 0. The first-order valence-corrected chi connectivity index (χ1v) is 9.80. The van der Waals surface area contributed by atoms with Crippen LogP contribution in [-0.4, -0.2) is 26.8 Å². The summed E-state index contributed by atoms with van der Waals surface area (Å²) in [6.07, 6.45) is 1.85. The molecule has 3 aromatic rings. The Balaban J connectivity index is 1.58. The lowest BCUT2D eigenvalue weighted by atomic mass is 10.0. The monoisotopic (exact) mass is 384 g/mol. The minimum Gasteiger partial charge on any atom is -0.349 e. The van der Waals surface area contributed by atoms with Crippen LogP contribution in [0.5, 0.6) is 0 Å². The highest BCUT2D eigenvalue weighted by Gasteiger charge is 2.15. The maximum atomic E-state index is 13.8. The highest BCUT2D eigenvalue weighted by molar-refractivity contribution is 7.99. The summed E-state index contributed by atoms with van der Waals surface area (Å²) in [5.41, 5.74) is 1.45. The molecule has 0 bridgehead atoms. The van der Waals surface area contributed by atoms with Crippen LogP contribution in [0, 0.1) is 5.82 Å². The molecule has 0 fully saturated rings. The van der Waals surface area contributed by atoms with Crippen molar-refractivity contribution in [2.24, 2.45) is 0 Å². The van der Waals surface area contributed by atoms with Gasteiger partial charge in [0.25, 0.3) is 0 Å². The molecule has 0 spiro atoms. The summed E-state index contributed by atoms with van der Waals surface area (Å²) >= 11 is 1.22. The van der Waals surface area contributed by atoms with E-state index in [2.05, 4.69) is 27.4 Å². The molecule has 3 rings (SSSR count). The van der Waals surface area contributed by atoms with Crippen molar-refractivity contribution in [3.8, 4) is 11.4 Å². The molecule has 140 valence electrons. The maximum absolute atomic E-state index is 13.8. The lowest BCUT2D eigenvalue weighted by Crippen LogP contribution is -2.29. The van der Waals surface area contributed by atoms with E-state index in [4.69, 9.17) is 0 Å². The molecule has 0 saturated heterocycles. The van der Waals surface area contributed by atoms with Crippen LogP contribution in [0.1, 0.15) is 31.4 Å². The standard InChI is InChI=1S/C20H21FN4OS/c1-2-8-17(14-9-4-3-5-10-14)22-18(26)13-27-20-23-19(24-25-20)15-11-6-7-12-16(15)21/h3-7,9-12,17H,2,8,13H2,1H3,(H,22,26)(H,23,24,25)/t17-/m0/s1. The Bertz CT molecular complexity index is 884. The predicted molar refractivity (Wildman–Crippen MR) is 105 cm³/mol. The van der Waals surface area contributed by atoms with E-state index in [0.717, 1.165) is 18.4 Å². The Morgan fingerprint density at radius 3 is 2.67 bits per heavy atom. The van der Waals surface area contributed by atoms with Crippen LogP contribution < -0.4 is 5.32 Å². The first-order valence-electron chi connectivity index (χ1n) is 8.81. The van der Waals surface area contributed by atoms with Crippen LogP contribution in [-0.2, 0) is 4.79 Å². The van der Waals surface area contributed by atoms with Gasteiger partial charge in [-0.25, -0.2) is 9.37 Å². The molecule has 0 aliphatic rings. The molecule has 5 nitrogen and oxygen atoms in total. The first kappa shape index (κ1) is 19.1. The second-order valence-electron chi connectivity index (χ2n) is 6.05. The predicted octanol–water partition coefficient (Wildman–Crippen LogP) is 4.36. The highest BCUT2D eigenvalue weighted by Crippen LogP contribution is 2.22. The van der Waals surface area contributed by atoms with Crippen LogP contribution >= 0.6 is 11.8 Å². The van der Waals surface area contributed by atoms with E-state index in [0.29, 0.717) is 16.5 Å². The third-order valence-corrected chi connectivity index (χ3v) is 4.89. The smallest absolute Gasteiger partial charge is 0.230 e. The number of halogens is 1. The molecule has 2 N–H and O–H groups in total. The molecule has 7 heteroatoms. The minimum absolute atomic E-state index is 0.00887. The summed E-state index contributed by atoms with van der Waals surface area (Å²) in [6.45, 7) is 2.09. The normalized spacial score (nSPS) is 11.9. The van der Waals surface area contributed by atoms with Crippen molar-refractivity contribution < 1.29 is 9.18 Å². The van der Waals surface area contributed by atoms with Gasteiger partial charge in [0.15, 0.2) is 5.82 Å². The third-order valence-electron chi connectivity index (χ3n) is 4.04. The number of carbonyl (C=O) groups excluding carboxylic acids is 1. The van der Waals surface area contributed by atoms with E-state index in [9.17, 15) is 9.18 Å². The van der Waals surface area contributed by atoms with Crippen molar-refractivity contribution in [3.05, 3.63) is 66.0 Å². The van der Waals surface area contributed by atoms with Crippen molar-refractivity contribution in [3.63, 3.8) is 0 Å². The Morgan fingerprint density at radius 2 is 1.93 bits per heavy atom. The van der Waals surface area contributed by atoms with Gasteiger partial charge in [0.1, 0.15) is 5.82 Å². The molecule has 0 saturated carbocycles. The fraction of sp³-hybridized carbons (Fsp3) is 0.250. The first-order chi connectivity index (χ1) is 13.2. The number of nitrogens with zero attached hydrogens (tertiary/aromatic N) is 2. The van der Waals surface area contributed by atoms with Gasteiger partial charge in [-0.05, 0) is 24.1 Å². The van der Waals surface area contributed by atoms with Gasteiger partial charge in [0, 0.05) is 0 Å². The SMILES string of the molecule is CCC[C@H](NC(=O)CSc1n[nH]c(-c2ccccc2F)n1)c1ccccc1. The van der Waals surface area contributed by atoms with Gasteiger partial charge >= 0.3 is 0 Å². The number of aromatic amines is 1. The van der Waals surface area contributed by atoms with Gasteiger partial charge in [-0.2, -0.15) is 0 Å². The van der Waals surface area contributed by atoms with Crippen LogP contribution in [0.15, 0.2) is 59.8 Å². The zero-order valence-corrected chi connectivity index (χ0v) is 15.8. The molecule has 0 aliphatic heterocycles. The molecule has 2 aromatic carbocycles. The van der Waals surface area contributed by atoms with Crippen LogP contribution in [0.25, 0.3) is 11.4 Å². The van der Waals surface area contributed by atoms with Gasteiger partial charge in [-0.3, -0.25) is 9.89 Å². The quantitative estimate of drug-likeness (QED) is 0.566. The molecule has 27 heavy (non-hydrogen) atoms. The van der Waals surface area contributed by atoms with E-state index in [1.165, 1.54) is 17.8 Å². The number of H-pyrrole nitrogens is 1. The molecule has 1 heterocycles. The van der Waals surface area contributed by atoms with Crippen molar-refractivity contribution in [2.45, 2.75) is 31.0 Å². The zero-order valence-electron chi connectivity index (χ0n) is 15.0. The number of thioether (sulfide) groups is 1. The largest absolute Gasteiger partial charge is 0.349 e. The molecule has 0 unspecified atom stereocenters. The average molecular weight is 384 g/mol. The fourth-order valence-corrected chi connectivity index (χ4v) is 3.36. The van der Waals surface area contributed by atoms with Crippen LogP contribution in [0.4, 0.5) is 4.39 Å². The topological polar surface area (TPSA) is 70.7 Å². The Hall–Kier alpha value is -2.67.